The summed E-state index contributed by atoms with van der Waals surface area (Å²) in [5.41, 5.74) is -0.0204. The molecule has 0 aromatic carbocycles. The third-order valence-corrected chi connectivity index (χ3v) is 2.25. The maximum Gasteiger partial charge on any atom is 0.147 e. The van der Waals surface area contributed by atoms with Gasteiger partial charge in [-0.2, -0.15) is 0 Å². The van der Waals surface area contributed by atoms with Crippen LogP contribution < -0.4 is 0 Å². The van der Waals surface area contributed by atoms with Crippen molar-refractivity contribution in [3.05, 3.63) is 0 Å². The zero-order valence-electron chi connectivity index (χ0n) is 7.97. The predicted octanol–water partition coefficient (Wildman–Crippen LogP) is 1.57. The molecule has 0 spiro atoms. The molecule has 1 saturated heterocycles. The fourth-order valence-corrected chi connectivity index (χ4v) is 1.23. The Bertz CT molecular complexity index is 119. The largest absolute Gasteiger partial charge is 0.382 e. The summed E-state index contributed by atoms with van der Waals surface area (Å²) in [5.74, 6) is 0. The molecular weight excluding hydrogens is 156 g/mol. The van der Waals surface area contributed by atoms with Gasteiger partial charge in [0.15, 0.2) is 0 Å². The molecule has 0 aromatic rings. The van der Waals surface area contributed by atoms with Crippen molar-refractivity contribution in [3.63, 3.8) is 0 Å². The van der Waals surface area contributed by atoms with E-state index < -0.39 is 0 Å². The van der Waals surface area contributed by atoms with E-state index >= 15 is 0 Å². The van der Waals surface area contributed by atoms with Gasteiger partial charge < -0.3 is 14.2 Å². The molecule has 1 fully saturated rings. The molecule has 3 heteroatoms. The number of rotatable bonds is 4. The van der Waals surface area contributed by atoms with E-state index in [9.17, 15) is 0 Å². The van der Waals surface area contributed by atoms with E-state index in [1.54, 1.807) is 0 Å². The van der Waals surface area contributed by atoms with Crippen LogP contribution in [0.3, 0.4) is 0 Å². The highest BCUT2D eigenvalue weighted by molar-refractivity contribution is 4.76. The Kier molecular flexibility index (Phi) is 3.98. The molecule has 1 heterocycles. The lowest BCUT2D eigenvalue weighted by molar-refractivity contribution is -0.192. The normalized spacial score (nSPS) is 30.5. The first-order chi connectivity index (χ1) is 5.77. The van der Waals surface area contributed by atoms with Crippen LogP contribution in [0.2, 0.25) is 0 Å². The first-order valence-corrected chi connectivity index (χ1v) is 4.56. The van der Waals surface area contributed by atoms with Gasteiger partial charge in [-0.15, -0.1) is 0 Å². The van der Waals surface area contributed by atoms with Crippen molar-refractivity contribution in [3.8, 4) is 0 Å². The molecule has 12 heavy (non-hydrogen) atoms. The third kappa shape index (κ3) is 3.09. The van der Waals surface area contributed by atoms with Crippen molar-refractivity contribution in [2.75, 3.05) is 26.6 Å². The Morgan fingerprint density at radius 3 is 2.92 bits per heavy atom. The summed E-state index contributed by atoms with van der Waals surface area (Å²) < 4.78 is 15.9. The molecular formula is C9H18O3. The third-order valence-electron chi connectivity index (χ3n) is 2.25. The van der Waals surface area contributed by atoms with Crippen molar-refractivity contribution < 1.29 is 14.2 Å². The molecule has 1 atom stereocenters. The lowest BCUT2D eigenvalue weighted by atomic mass is 9.98. The Hall–Kier alpha value is -0.120. The molecule has 0 aromatic heterocycles. The van der Waals surface area contributed by atoms with Gasteiger partial charge in [0, 0.05) is 13.2 Å². The Morgan fingerprint density at radius 2 is 2.33 bits per heavy atom. The fraction of sp³-hybridized carbons (Fsp3) is 1.00. The van der Waals surface area contributed by atoms with Crippen LogP contribution in [-0.4, -0.2) is 32.2 Å². The predicted molar refractivity (Wildman–Crippen MR) is 46.0 cm³/mol. The van der Waals surface area contributed by atoms with E-state index in [1.807, 2.05) is 6.92 Å². The van der Waals surface area contributed by atoms with Gasteiger partial charge in [-0.3, -0.25) is 0 Å². The molecule has 0 N–H and O–H groups in total. The topological polar surface area (TPSA) is 27.7 Å². The number of hydrogen-bond donors (Lipinski definition) is 0. The molecule has 1 aliphatic rings. The highest BCUT2D eigenvalue weighted by Crippen LogP contribution is 2.23. The van der Waals surface area contributed by atoms with Crippen LogP contribution in [0.25, 0.3) is 0 Å². The molecule has 0 radical (unpaired) electrons. The minimum Gasteiger partial charge on any atom is -0.382 e. The van der Waals surface area contributed by atoms with Gasteiger partial charge in [-0.1, -0.05) is 0 Å². The Labute approximate surface area is 74.0 Å². The van der Waals surface area contributed by atoms with Crippen LogP contribution in [0, 0.1) is 0 Å². The maximum atomic E-state index is 5.51. The van der Waals surface area contributed by atoms with E-state index in [2.05, 4.69) is 6.92 Å². The minimum atomic E-state index is -0.0204. The van der Waals surface area contributed by atoms with Crippen molar-refractivity contribution in [2.45, 2.75) is 32.3 Å². The number of hydrogen-bond acceptors (Lipinski definition) is 3. The van der Waals surface area contributed by atoms with Crippen molar-refractivity contribution in [2.24, 2.45) is 0 Å². The van der Waals surface area contributed by atoms with Crippen LogP contribution in [0.15, 0.2) is 0 Å². The Morgan fingerprint density at radius 1 is 1.50 bits per heavy atom. The van der Waals surface area contributed by atoms with Crippen LogP contribution in [0.5, 0.6) is 0 Å². The van der Waals surface area contributed by atoms with Crippen LogP contribution in [-0.2, 0) is 14.2 Å². The summed E-state index contributed by atoms with van der Waals surface area (Å²) >= 11 is 0. The van der Waals surface area contributed by atoms with E-state index in [0.717, 1.165) is 32.7 Å². The fourth-order valence-electron chi connectivity index (χ4n) is 1.23. The lowest BCUT2D eigenvalue weighted by Gasteiger charge is -2.33. The Balaban J connectivity index is 2.17. The van der Waals surface area contributed by atoms with Gasteiger partial charge in [-0.05, 0) is 26.7 Å². The second kappa shape index (κ2) is 4.80. The quantitative estimate of drug-likeness (QED) is 0.605. The SMILES string of the molecule is CCOCCC1(C)CCOCO1. The van der Waals surface area contributed by atoms with Crippen molar-refractivity contribution in [1.29, 1.82) is 0 Å². The van der Waals surface area contributed by atoms with Crippen LogP contribution in [0.1, 0.15) is 26.7 Å². The van der Waals surface area contributed by atoms with Crippen LogP contribution >= 0.6 is 0 Å². The van der Waals surface area contributed by atoms with E-state index in [4.69, 9.17) is 14.2 Å². The zero-order valence-corrected chi connectivity index (χ0v) is 7.97. The second-order valence-electron chi connectivity index (χ2n) is 3.32. The van der Waals surface area contributed by atoms with Crippen molar-refractivity contribution >= 4 is 0 Å². The molecule has 1 aliphatic heterocycles. The highest BCUT2D eigenvalue weighted by Gasteiger charge is 2.27. The van der Waals surface area contributed by atoms with Crippen LogP contribution in [0.4, 0.5) is 0 Å². The molecule has 0 bridgehead atoms. The van der Waals surface area contributed by atoms with E-state index in [-0.39, 0.29) is 5.60 Å². The second-order valence-corrected chi connectivity index (χ2v) is 3.32. The molecule has 0 aliphatic carbocycles. The molecule has 0 amide bonds. The molecule has 1 rings (SSSR count). The van der Waals surface area contributed by atoms with E-state index in [1.165, 1.54) is 0 Å². The van der Waals surface area contributed by atoms with Gasteiger partial charge in [0.1, 0.15) is 6.79 Å². The zero-order chi connectivity index (χ0) is 8.86. The monoisotopic (exact) mass is 174 g/mol. The van der Waals surface area contributed by atoms with Gasteiger partial charge in [0.2, 0.25) is 0 Å². The summed E-state index contributed by atoms with van der Waals surface area (Å²) in [4.78, 5) is 0. The summed E-state index contributed by atoms with van der Waals surface area (Å²) in [6.45, 7) is 6.94. The molecule has 3 nitrogen and oxygen atoms in total. The average molecular weight is 174 g/mol. The lowest BCUT2D eigenvalue weighted by Crippen LogP contribution is -2.37. The van der Waals surface area contributed by atoms with Gasteiger partial charge in [0.05, 0.1) is 12.2 Å². The van der Waals surface area contributed by atoms with Gasteiger partial charge in [0.25, 0.3) is 0 Å². The summed E-state index contributed by atoms with van der Waals surface area (Å²) in [6.07, 6.45) is 1.93. The summed E-state index contributed by atoms with van der Waals surface area (Å²) in [5, 5.41) is 0. The first-order valence-electron chi connectivity index (χ1n) is 4.56. The summed E-state index contributed by atoms with van der Waals surface area (Å²) in [6, 6.07) is 0. The summed E-state index contributed by atoms with van der Waals surface area (Å²) in [7, 11) is 0. The molecule has 0 saturated carbocycles. The first kappa shape index (κ1) is 9.96. The van der Waals surface area contributed by atoms with Gasteiger partial charge >= 0.3 is 0 Å². The minimum absolute atomic E-state index is 0.0204. The van der Waals surface area contributed by atoms with Gasteiger partial charge in [-0.25, -0.2) is 0 Å². The van der Waals surface area contributed by atoms with Crippen molar-refractivity contribution in [1.82, 2.24) is 0 Å². The average Bonchev–Trinajstić information content (AvgIpc) is 2.06. The van der Waals surface area contributed by atoms with E-state index in [0.29, 0.717) is 6.79 Å². The number of ether oxygens (including phenoxy) is 3. The molecule has 1 unspecified atom stereocenters. The standard InChI is InChI=1S/C9H18O3/c1-3-10-6-4-9(2)5-7-11-8-12-9/h3-8H2,1-2H3. The highest BCUT2D eigenvalue weighted by atomic mass is 16.7. The smallest absolute Gasteiger partial charge is 0.147 e. The maximum absolute atomic E-state index is 5.51. The molecule has 72 valence electrons.